The molecule has 0 aliphatic heterocycles. The van der Waals surface area contributed by atoms with Gasteiger partial charge in [0.05, 0.1) is 12.7 Å². The Morgan fingerprint density at radius 3 is 2.79 bits per heavy atom. The summed E-state index contributed by atoms with van der Waals surface area (Å²) in [5.74, 6) is 0. The Kier molecular flexibility index (Phi) is 5.45. The fraction of sp³-hybridized carbons (Fsp3) is 1.00. The van der Waals surface area contributed by atoms with Crippen LogP contribution in [0.25, 0.3) is 0 Å². The van der Waals surface area contributed by atoms with Gasteiger partial charge in [0.15, 0.2) is 0 Å². The summed E-state index contributed by atoms with van der Waals surface area (Å²) < 4.78 is 5.16. The van der Waals surface area contributed by atoms with E-state index in [1.54, 1.807) is 7.11 Å². The van der Waals surface area contributed by atoms with E-state index in [2.05, 4.69) is 12.2 Å². The third-order valence-electron chi connectivity index (χ3n) is 2.93. The van der Waals surface area contributed by atoms with E-state index in [1.807, 2.05) is 0 Å². The summed E-state index contributed by atoms with van der Waals surface area (Å²) in [6.45, 7) is 2.92. The number of nitrogens with one attached hydrogen (secondary N) is 1. The van der Waals surface area contributed by atoms with Crippen LogP contribution in [0.3, 0.4) is 0 Å². The molecule has 1 aliphatic rings. The summed E-state index contributed by atoms with van der Waals surface area (Å²) in [6.07, 6.45) is 5.33. The molecule has 0 aromatic heterocycles. The van der Waals surface area contributed by atoms with Crippen molar-refractivity contribution >= 4 is 0 Å². The summed E-state index contributed by atoms with van der Waals surface area (Å²) >= 11 is 0. The Hall–Kier alpha value is -0.120. The fourth-order valence-electron chi connectivity index (χ4n) is 2.20. The van der Waals surface area contributed by atoms with Crippen molar-refractivity contribution in [3.05, 3.63) is 0 Å². The molecular formula is C11H23NO2. The van der Waals surface area contributed by atoms with E-state index >= 15 is 0 Å². The normalized spacial score (nSPS) is 29.4. The molecule has 1 aliphatic carbocycles. The van der Waals surface area contributed by atoms with Gasteiger partial charge in [-0.05, 0) is 25.7 Å². The first kappa shape index (κ1) is 12.0. The Labute approximate surface area is 86.8 Å². The maximum Gasteiger partial charge on any atom is 0.0693 e. The molecule has 0 aromatic rings. The van der Waals surface area contributed by atoms with E-state index in [4.69, 9.17) is 4.74 Å². The molecule has 0 bridgehead atoms. The molecule has 0 spiro atoms. The van der Waals surface area contributed by atoms with Crippen molar-refractivity contribution in [3.8, 4) is 0 Å². The maximum absolute atomic E-state index is 9.67. The number of methoxy groups -OCH3 is 1. The van der Waals surface area contributed by atoms with Crippen LogP contribution < -0.4 is 5.32 Å². The average molecular weight is 201 g/mol. The van der Waals surface area contributed by atoms with Gasteiger partial charge >= 0.3 is 0 Å². The Morgan fingerprint density at radius 1 is 1.50 bits per heavy atom. The lowest BCUT2D eigenvalue weighted by atomic mass is 10.1. The zero-order valence-corrected chi connectivity index (χ0v) is 9.33. The monoisotopic (exact) mass is 201 g/mol. The number of aliphatic hydroxyl groups excluding tert-OH is 1. The van der Waals surface area contributed by atoms with E-state index in [9.17, 15) is 5.11 Å². The van der Waals surface area contributed by atoms with E-state index in [0.717, 1.165) is 38.7 Å². The van der Waals surface area contributed by atoms with Crippen LogP contribution in [0.15, 0.2) is 0 Å². The highest BCUT2D eigenvalue weighted by Crippen LogP contribution is 2.19. The molecule has 3 nitrogen and oxygen atoms in total. The summed E-state index contributed by atoms with van der Waals surface area (Å²) in [4.78, 5) is 0. The minimum Gasteiger partial charge on any atom is -0.392 e. The standard InChI is InChI=1S/C11H23NO2/c1-3-5-9(8-14-2)12-10-6-4-7-11(10)13/h9-13H,3-8H2,1-2H3/t9?,10-,11-/m0/s1. The van der Waals surface area contributed by atoms with Gasteiger partial charge in [-0.2, -0.15) is 0 Å². The van der Waals surface area contributed by atoms with Gasteiger partial charge in [0.2, 0.25) is 0 Å². The maximum atomic E-state index is 9.67. The molecule has 3 atom stereocenters. The van der Waals surface area contributed by atoms with Gasteiger partial charge in [0.25, 0.3) is 0 Å². The molecule has 0 radical (unpaired) electrons. The second-order valence-electron chi connectivity index (χ2n) is 4.21. The van der Waals surface area contributed by atoms with Crippen LogP contribution in [0.1, 0.15) is 39.0 Å². The molecule has 1 unspecified atom stereocenters. The van der Waals surface area contributed by atoms with E-state index < -0.39 is 0 Å². The van der Waals surface area contributed by atoms with Gasteiger partial charge in [-0.25, -0.2) is 0 Å². The average Bonchev–Trinajstić information content (AvgIpc) is 2.53. The smallest absolute Gasteiger partial charge is 0.0693 e. The molecule has 0 aromatic carbocycles. The second kappa shape index (κ2) is 6.38. The number of ether oxygens (including phenoxy) is 1. The van der Waals surface area contributed by atoms with Gasteiger partial charge in [-0.3, -0.25) is 0 Å². The predicted molar refractivity (Wildman–Crippen MR) is 57.4 cm³/mol. The minimum absolute atomic E-state index is 0.147. The Bertz CT molecular complexity index is 146. The number of aliphatic hydroxyl groups is 1. The van der Waals surface area contributed by atoms with Crippen molar-refractivity contribution in [1.82, 2.24) is 5.32 Å². The van der Waals surface area contributed by atoms with Crippen LogP contribution in [-0.2, 0) is 4.74 Å². The molecule has 0 amide bonds. The van der Waals surface area contributed by atoms with Gasteiger partial charge in [-0.1, -0.05) is 13.3 Å². The van der Waals surface area contributed by atoms with E-state index in [-0.39, 0.29) is 6.10 Å². The fourth-order valence-corrected chi connectivity index (χ4v) is 2.20. The molecule has 14 heavy (non-hydrogen) atoms. The van der Waals surface area contributed by atoms with E-state index in [0.29, 0.717) is 12.1 Å². The van der Waals surface area contributed by atoms with Crippen molar-refractivity contribution in [2.75, 3.05) is 13.7 Å². The molecule has 1 fully saturated rings. The first-order chi connectivity index (χ1) is 6.77. The number of rotatable bonds is 6. The van der Waals surface area contributed by atoms with Crippen molar-refractivity contribution in [1.29, 1.82) is 0 Å². The molecule has 1 saturated carbocycles. The quantitative estimate of drug-likeness (QED) is 0.680. The van der Waals surface area contributed by atoms with Gasteiger partial charge in [0.1, 0.15) is 0 Å². The van der Waals surface area contributed by atoms with Crippen LogP contribution in [-0.4, -0.2) is 37.0 Å². The third-order valence-corrected chi connectivity index (χ3v) is 2.93. The number of hydrogen-bond acceptors (Lipinski definition) is 3. The summed E-state index contributed by atoms with van der Waals surface area (Å²) in [7, 11) is 1.73. The lowest BCUT2D eigenvalue weighted by molar-refractivity contribution is 0.115. The summed E-state index contributed by atoms with van der Waals surface area (Å²) in [5.41, 5.74) is 0. The van der Waals surface area contributed by atoms with Crippen LogP contribution in [0.2, 0.25) is 0 Å². The second-order valence-corrected chi connectivity index (χ2v) is 4.21. The molecule has 84 valence electrons. The highest BCUT2D eigenvalue weighted by molar-refractivity contribution is 4.85. The topological polar surface area (TPSA) is 41.5 Å². The lowest BCUT2D eigenvalue weighted by Crippen LogP contribution is -2.44. The predicted octanol–water partition coefficient (Wildman–Crippen LogP) is 1.30. The highest BCUT2D eigenvalue weighted by atomic mass is 16.5. The van der Waals surface area contributed by atoms with E-state index in [1.165, 1.54) is 0 Å². The molecule has 0 saturated heterocycles. The molecule has 1 rings (SSSR count). The summed E-state index contributed by atoms with van der Waals surface area (Å²) in [5, 5.41) is 13.2. The highest BCUT2D eigenvalue weighted by Gasteiger charge is 2.26. The molecule has 3 heteroatoms. The van der Waals surface area contributed by atoms with Crippen LogP contribution >= 0.6 is 0 Å². The Morgan fingerprint density at radius 2 is 2.29 bits per heavy atom. The van der Waals surface area contributed by atoms with Crippen molar-refractivity contribution in [3.63, 3.8) is 0 Å². The zero-order chi connectivity index (χ0) is 10.4. The van der Waals surface area contributed by atoms with Crippen LogP contribution in [0, 0.1) is 0 Å². The molecular weight excluding hydrogens is 178 g/mol. The van der Waals surface area contributed by atoms with Crippen molar-refractivity contribution in [2.45, 2.75) is 57.2 Å². The molecule has 0 heterocycles. The lowest BCUT2D eigenvalue weighted by Gasteiger charge is -2.24. The number of hydrogen-bond donors (Lipinski definition) is 2. The van der Waals surface area contributed by atoms with Crippen LogP contribution in [0.4, 0.5) is 0 Å². The SMILES string of the molecule is CCCC(COC)N[C@H]1CCC[C@@H]1O. The van der Waals surface area contributed by atoms with Crippen molar-refractivity contribution < 1.29 is 9.84 Å². The van der Waals surface area contributed by atoms with Gasteiger partial charge < -0.3 is 15.2 Å². The first-order valence-corrected chi connectivity index (χ1v) is 5.71. The van der Waals surface area contributed by atoms with Crippen LogP contribution in [0.5, 0.6) is 0 Å². The summed E-state index contributed by atoms with van der Waals surface area (Å²) in [6, 6.07) is 0.699. The van der Waals surface area contributed by atoms with Crippen molar-refractivity contribution in [2.24, 2.45) is 0 Å². The first-order valence-electron chi connectivity index (χ1n) is 5.71. The third kappa shape index (κ3) is 3.56. The minimum atomic E-state index is -0.147. The molecule has 2 N–H and O–H groups in total. The van der Waals surface area contributed by atoms with Gasteiger partial charge in [0, 0.05) is 19.2 Å². The Balaban J connectivity index is 2.29. The largest absolute Gasteiger partial charge is 0.392 e. The zero-order valence-electron chi connectivity index (χ0n) is 9.33. The van der Waals surface area contributed by atoms with Gasteiger partial charge in [-0.15, -0.1) is 0 Å².